The Kier molecular flexibility index (Phi) is 4.74. The van der Waals surface area contributed by atoms with Gasteiger partial charge in [0.15, 0.2) is 6.10 Å². The molecule has 0 spiro atoms. The van der Waals surface area contributed by atoms with E-state index in [1.54, 1.807) is 36.7 Å². The molecule has 0 unspecified atom stereocenters. The lowest BCUT2D eigenvalue weighted by Gasteiger charge is -2.32. The van der Waals surface area contributed by atoms with Gasteiger partial charge in [-0.1, -0.05) is 24.3 Å². The molecule has 0 saturated heterocycles. The number of nitrogens with one attached hydrogen (secondary N) is 1. The van der Waals surface area contributed by atoms with Gasteiger partial charge < -0.3 is 10.1 Å². The predicted octanol–water partition coefficient (Wildman–Crippen LogP) is 2.89. The number of carbonyl (C=O) groups is 1. The zero-order chi connectivity index (χ0) is 17.1. The monoisotopic (exact) mass is 332 g/mol. The maximum absolute atomic E-state index is 13.3. The first-order chi connectivity index (χ1) is 11.5. The van der Waals surface area contributed by atoms with Crippen molar-refractivity contribution >= 4 is 5.91 Å². The highest BCUT2D eigenvalue weighted by atomic mass is 19.3. The number of nitrogens with zero attached hydrogens (tertiary/aromatic N) is 1. The van der Waals surface area contributed by atoms with Crippen molar-refractivity contribution < 1.29 is 18.3 Å². The highest BCUT2D eigenvalue weighted by molar-refractivity contribution is 5.80. The molecule has 2 atom stereocenters. The van der Waals surface area contributed by atoms with E-state index in [1.165, 1.54) is 0 Å². The van der Waals surface area contributed by atoms with E-state index < -0.39 is 24.4 Å². The van der Waals surface area contributed by atoms with Crippen LogP contribution in [0, 0.1) is 12.8 Å². The molecule has 1 amide bonds. The number of halogens is 2. The zero-order valence-corrected chi connectivity index (χ0v) is 13.2. The first-order valence-electron chi connectivity index (χ1n) is 7.75. The minimum Gasteiger partial charge on any atom is -0.483 e. The summed E-state index contributed by atoms with van der Waals surface area (Å²) in [4.78, 5) is 16.5. The van der Waals surface area contributed by atoms with Gasteiger partial charge in [0.2, 0.25) is 5.91 Å². The Morgan fingerprint density at radius 3 is 2.92 bits per heavy atom. The average molecular weight is 332 g/mol. The fourth-order valence-electron chi connectivity index (χ4n) is 2.87. The molecule has 0 saturated carbocycles. The van der Waals surface area contributed by atoms with E-state index in [0.29, 0.717) is 5.75 Å². The fourth-order valence-corrected chi connectivity index (χ4v) is 2.87. The van der Waals surface area contributed by atoms with Crippen molar-refractivity contribution in [3.8, 4) is 5.75 Å². The number of carbonyl (C=O) groups excluding carboxylic acids is 1. The maximum atomic E-state index is 13.3. The van der Waals surface area contributed by atoms with Crippen molar-refractivity contribution in [2.24, 2.45) is 5.92 Å². The molecule has 2 heterocycles. The Labute approximate surface area is 138 Å². The summed E-state index contributed by atoms with van der Waals surface area (Å²) in [5.74, 6) is -0.927. The summed E-state index contributed by atoms with van der Waals surface area (Å²) in [7, 11) is 0. The molecule has 1 aromatic carbocycles. The predicted molar refractivity (Wildman–Crippen MR) is 84.9 cm³/mol. The summed E-state index contributed by atoms with van der Waals surface area (Å²) < 4.78 is 32.0. The molecule has 24 heavy (non-hydrogen) atoms. The van der Waals surface area contributed by atoms with E-state index in [0.717, 1.165) is 16.7 Å². The van der Waals surface area contributed by atoms with Gasteiger partial charge in [-0.25, -0.2) is 8.78 Å². The number of para-hydroxylation sites is 1. The summed E-state index contributed by atoms with van der Waals surface area (Å²) in [6.45, 7) is 2.15. The van der Waals surface area contributed by atoms with Gasteiger partial charge >= 0.3 is 0 Å². The van der Waals surface area contributed by atoms with Gasteiger partial charge in [-0.15, -0.1) is 0 Å². The smallest absolute Gasteiger partial charge is 0.275 e. The molecule has 1 aliphatic rings. The molecule has 1 N–H and O–H groups in total. The Hall–Kier alpha value is -2.50. The normalized spacial score (nSPS) is 19.5. The molecular weight excluding hydrogens is 314 g/mol. The van der Waals surface area contributed by atoms with Crippen LogP contribution in [0.4, 0.5) is 8.78 Å². The quantitative estimate of drug-likeness (QED) is 0.937. The molecule has 4 nitrogen and oxygen atoms in total. The molecule has 0 fully saturated rings. The van der Waals surface area contributed by atoms with E-state index in [1.807, 2.05) is 13.0 Å². The highest BCUT2D eigenvalue weighted by Gasteiger charge is 2.40. The van der Waals surface area contributed by atoms with E-state index in [9.17, 15) is 13.6 Å². The summed E-state index contributed by atoms with van der Waals surface area (Å²) >= 11 is 0. The zero-order valence-electron chi connectivity index (χ0n) is 13.2. The second-order valence-corrected chi connectivity index (χ2v) is 5.92. The first-order valence-corrected chi connectivity index (χ1v) is 7.75. The van der Waals surface area contributed by atoms with E-state index in [2.05, 4.69) is 10.3 Å². The van der Waals surface area contributed by atoms with Gasteiger partial charge in [0.05, 0.1) is 5.92 Å². The number of ether oxygens (including phenoxy) is 1. The molecule has 1 aliphatic heterocycles. The van der Waals surface area contributed by atoms with Crippen molar-refractivity contribution in [3.05, 3.63) is 59.4 Å². The Bertz CT molecular complexity index is 736. The second-order valence-electron chi connectivity index (χ2n) is 5.92. The van der Waals surface area contributed by atoms with Crippen LogP contribution in [0.2, 0.25) is 0 Å². The van der Waals surface area contributed by atoms with Crippen LogP contribution in [-0.4, -0.2) is 23.4 Å². The van der Waals surface area contributed by atoms with Crippen LogP contribution in [0.25, 0.3) is 0 Å². The van der Waals surface area contributed by atoms with Crippen LogP contribution in [0.3, 0.4) is 0 Å². The number of hydrogen-bond donors (Lipinski definition) is 1. The van der Waals surface area contributed by atoms with Crippen LogP contribution >= 0.6 is 0 Å². The van der Waals surface area contributed by atoms with Crippen molar-refractivity contribution in [2.45, 2.75) is 32.4 Å². The number of alkyl halides is 2. The Morgan fingerprint density at radius 1 is 1.38 bits per heavy atom. The third-order valence-corrected chi connectivity index (χ3v) is 4.06. The third-order valence-electron chi connectivity index (χ3n) is 4.06. The van der Waals surface area contributed by atoms with Crippen LogP contribution in [0.15, 0.2) is 42.7 Å². The molecule has 126 valence electrons. The number of rotatable bonds is 4. The standard InChI is InChI=1S/C18H18F2N2O2/c1-11-6-12(9-21-8-11)10-22-18(23)14-7-13-4-2-3-5-15(13)24-16(14)17(19)20/h2-6,8-9,14,16-17H,7,10H2,1H3,(H,22,23)/t14-,16-/m1/s1. The van der Waals surface area contributed by atoms with Crippen molar-refractivity contribution in [3.63, 3.8) is 0 Å². The SMILES string of the molecule is Cc1cncc(CNC(=O)[C@@H]2Cc3ccccc3O[C@H]2C(F)F)c1. The molecule has 6 heteroatoms. The number of aromatic nitrogens is 1. The summed E-state index contributed by atoms with van der Waals surface area (Å²) in [5, 5.41) is 2.72. The van der Waals surface area contributed by atoms with Gasteiger partial charge in [0, 0.05) is 18.9 Å². The Balaban J connectivity index is 1.72. The van der Waals surface area contributed by atoms with Crippen molar-refractivity contribution in [2.75, 3.05) is 0 Å². The largest absolute Gasteiger partial charge is 0.483 e. The van der Waals surface area contributed by atoms with Gasteiger partial charge in [-0.3, -0.25) is 9.78 Å². The van der Waals surface area contributed by atoms with Gasteiger partial charge in [0.1, 0.15) is 5.75 Å². The molecule has 2 aromatic rings. The number of aryl methyl sites for hydroxylation is 1. The number of amides is 1. The van der Waals surface area contributed by atoms with Crippen LogP contribution in [-0.2, 0) is 17.8 Å². The summed E-state index contributed by atoms with van der Waals surface area (Å²) in [6.07, 6.45) is -0.567. The lowest BCUT2D eigenvalue weighted by molar-refractivity contribution is -0.133. The summed E-state index contributed by atoms with van der Waals surface area (Å²) in [6, 6.07) is 8.87. The lowest BCUT2D eigenvalue weighted by Crippen LogP contribution is -2.47. The summed E-state index contributed by atoms with van der Waals surface area (Å²) in [5.41, 5.74) is 2.57. The molecular formula is C18H18F2N2O2. The van der Waals surface area contributed by atoms with Gasteiger partial charge in [0.25, 0.3) is 6.43 Å². The number of fused-ring (bicyclic) bond motifs is 1. The number of benzene rings is 1. The highest BCUT2D eigenvalue weighted by Crippen LogP contribution is 2.33. The third kappa shape index (κ3) is 3.53. The molecule has 0 radical (unpaired) electrons. The second kappa shape index (κ2) is 6.95. The minimum absolute atomic E-state index is 0.239. The molecule has 1 aromatic heterocycles. The number of pyridine rings is 1. The Morgan fingerprint density at radius 2 is 2.17 bits per heavy atom. The fraction of sp³-hybridized carbons (Fsp3) is 0.333. The van der Waals surface area contributed by atoms with Crippen molar-refractivity contribution in [1.82, 2.24) is 10.3 Å². The average Bonchev–Trinajstić information content (AvgIpc) is 2.58. The van der Waals surface area contributed by atoms with E-state index in [-0.39, 0.29) is 13.0 Å². The van der Waals surface area contributed by atoms with E-state index >= 15 is 0 Å². The molecule has 3 rings (SSSR count). The van der Waals surface area contributed by atoms with E-state index in [4.69, 9.17) is 4.74 Å². The molecule has 0 aliphatic carbocycles. The topological polar surface area (TPSA) is 51.2 Å². The minimum atomic E-state index is -2.73. The van der Waals surface area contributed by atoms with Gasteiger partial charge in [-0.2, -0.15) is 0 Å². The number of hydrogen-bond acceptors (Lipinski definition) is 3. The maximum Gasteiger partial charge on any atom is 0.275 e. The van der Waals surface area contributed by atoms with Crippen LogP contribution in [0.1, 0.15) is 16.7 Å². The van der Waals surface area contributed by atoms with Crippen LogP contribution in [0.5, 0.6) is 5.75 Å². The lowest BCUT2D eigenvalue weighted by atomic mass is 9.90. The van der Waals surface area contributed by atoms with Gasteiger partial charge in [-0.05, 0) is 36.1 Å². The van der Waals surface area contributed by atoms with Crippen molar-refractivity contribution in [1.29, 1.82) is 0 Å². The molecule has 0 bridgehead atoms. The first kappa shape index (κ1) is 16.4. The van der Waals surface area contributed by atoms with Crippen LogP contribution < -0.4 is 10.1 Å².